The molecule has 0 saturated heterocycles. The molecule has 2 aromatic carbocycles. The van der Waals surface area contributed by atoms with Crippen molar-refractivity contribution >= 4 is 46.5 Å². The Morgan fingerprint density at radius 2 is 0.971 bits per heavy atom. The van der Waals surface area contributed by atoms with E-state index in [0.29, 0.717) is 6.67 Å². The molecule has 4 aromatic rings. The maximum atomic E-state index is 4.60. The predicted octanol–water partition coefficient (Wildman–Crippen LogP) is 6.21. The topological polar surface area (TPSA) is 35.6 Å². The minimum absolute atomic E-state index is 0.0892. The molecule has 7 heteroatoms. The van der Waals surface area contributed by atoms with Crippen LogP contribution in [0.5, 0.6) is 0 Å². The second-order valence-corrected chi connectivity index (χ2v) is 40.1. The Kier molecular flexibility index (Phi) is 8.90. The fourth-order valence-electron chi connectivity index (χ4n) is 3.29. The van der Waals surface area contributed by atoms with E-state index in [4.69, 9.17) is 0 Å². The number of hydrogen-bond donors (Lipinski definition) is 0. The van der Waals surface area contributed by atoms with Crippen molar-refractivity contribution in [1.82, 2.24) is 19.6 Å². The van der Waals surface area contributed by atoms with E-state index in [9.17, 15) is 0 Å². The molecule has 0 aliphatic heterocycles. The molecule has 0 aliphatic rings. The van der Waals surface area contributed by atoms with Crippen molar-refractivity contribution in [3.63, 3.8) is 0 Å². The summed E-state index contributed by atoms with van der Waals surface area (Å²) < 4.78 is 6.66. The first-order valence-electron chi connectivity index (χ1n) is 11.4. The summed E-state index contributed by atoms with van der Waals surface area (Å²) in [5.41, 5.74) is 2.39. The molecule has 0 atom stereocenters. The van der Waals surface area contributed by atoms with Crippen LogP contribution in [0, 0.1) is 0 Å². The van der Waals surface area contributed by atoms with E-state index in [2.05, 4.69) is 150 Å². The molecule has 180 valence electrons. The van der Waals surface area contributed by atoms with E-state index in [-0.39, 0.29) is 10.8 Å². The predicted molar refractivity (Wildman–Crippen MR) is 153 cm³/mol. The van der Waals surface area contributed by atoms with Gasteiger partial charge in [0.05, 0.1) is 11.4 Å². The number of nitrogens with zero attached hydrogens (tertiary/aromatic N) is 4. The average Bonchev–Trinajstić information content (AvgIpc) is 3.45. The quantitative estimate of drug-likeness (QED) is 0.239. The summed E-state index contributed by atoms with van der Waals surface area (Å²) in [7, 11) is 0. The number of hydrogen-bond acceptors (Lipinski definition) is 2. The van der Waals surface area contributed by atoms with Crippen LogP contribution in [0.4, 0.5) is 0 Å². The van der Waals surface area contributed by atoms with Gasteiger partial charge in [-0.2, -0.15) is 10.2 Å². The summed E-state index contributed by atoms with van der Waals surface area (Å²) in [6.07, 6.45) is 4.03. The summed E-state index contributed by atoms with van der Waals surface area (Å²) in [5.74, 6) is 0. The van der Waals surface area contributed by atoms with E-state index in [1.807, 2.05) is 21.8 Å². The number of benzene rings is 2. The molecule has 0 saturated carbocycles. The van der Waals surface area contributed by atoms with Crippen molar-refractivity contribution in [2.45, 2.75) is 59.0 Å². The van der Waals surface area contributed by atoms with Crippen LogP contribution in [0.15, 0.2) is 85.2 Å². The average molecular weight is 693 g/mol. The molecule has 0 amide bonds. The van der Waals surface area contributed by atoms with Gasteiger partial charge < -0.3 is 0 Å². The SMILES string of the molecule is CC(C)(C)c1ccn(Cn2ccc(C(C)(C)C)n2)n1.[Br][Sn]([Br])([c]1ccccc1)[c]1ccccc1. The second-order valence-electron chi connectivity index (χ2n) is 10.4. The zero-order valence-corrected chi connectivity index (χ0v) is 26.9. The van der Waals surface area contributed by atoms with Crippen LogP contribution >= 0.6 is 25.4 Å². The number of halogens is 2. The van der Waals surface area contributed by atoms with Gasteiger partial charge in [-0.15, -0.1) is 0 Å². The Bertz CT molecular complexity index is 1080. The van der Waals surface area contributed by atoms with Gasteiger partial charge in [0.15, 0.2) is 0 Å². The van der Waals surface area contributed by atoms with Gasteiger partial charge in [0.1, 0.15) is 6.67 Å². The van der Waals surface area contributed by atoms with Crippen LogP contribution < -0.4 is 7.16 Å². The van der Waals surface area contributed by atoms with Gasteiger partial charge in [0.2, 0.25) is 0 Å². The molecule has 0 fully saturated rings. The fourth-order valence-corrected chi connectivity index (χ4v) is 14.8. The monoisotopic (exact) mass is 692 g/mol. The van der Waals surface area contributed by atoms with Crippen molar-refractivity contribution in [2.75, 3.05) is 0 Å². The van der Waals surface area contributed by atoms with Crippen molar-refractivity contribution < 1.29 is 0 Å². The Labute approximate surface area is 220 Å². The Morgan fingerprint density at radius 3 is 1.26 bits per heavy atom. The molecule has 4 nitrogen and oxygen atoms in total. The third kappa shape index (κ3) is 7.31. The molecule has 2 aromatic heterocycles. The normalized spacial score (nSPS) is 12.2. The van der Waals surface area contributed by atoms with Crippen molar-refractivity contribution in [3.05, 3.63) is 96.6 Å². The molecule has 2 heterocycles. The molecule has 4 rings (SSSR count). The van der Waals surface area contributed by atoms with Crippen LogP contribution in [0.2, 0.25) is 0 Å². The fraction of sp³-hybridized carbons (Fsp3) is 0.333. The van der Waals surface area contributed by atoms with E-state index in [1.165, 1.54) is 7.16 Å². The van der Waals surface area contributed by atoms with Crippen molar-refractivity contribution in [1.29, 1.82) is 0 Å². The molecule has 0 N–H and O–H groups in total. The molecule has 0 spiro atoms. The van der Waals surface area contributed by atoms with Crippen molar-refractivity contribution in [3.8, 4) is 0 Å². The summed E-state index contributed by atoms with van der Waals surface area (Å²) in [5, 5.41) is 9.21. The van der Waals surface area contributed by atoms with Crippen LogP contribution in [-0.2, 0) is 17.5 Å². The van der Waals surface area contributed by atoms with Gasteiger partial charge in [-0.05, 0) is 12.1 Å². The summed E-state index contributed by atoms with van der Waals surface area (Å²) >= 11 is 5.23. The molecule has 0 bridgehead atoms. The van der Waals surface area contributed by atoms with Gasteiger partial charge in [-0.25, -0.2) is 0 Å². The van der Waals surface area contributed by atoms with Crippen LogP contribution in [0.3, 0.4) is 0 Å². The summed E-state index contributed by atoms with van der Waals surface area (Å²) in [6, 6.07) is 25.4. The molecular formula is C27H34Br2N4Sn. The van der Waals surface area contributed by atoms with Crippen LogP contribution in [0.25, 0.3) is 0 Å². The second kappa shape index (κ2) is 11.1. The summed E-state index contributed by atoms with van der Waals surface area (Å²) in [4.78, 5) is 0. The van der Waals surface area contributed by atoms with Crippen LogP contribution in [-0.4, -0.2) is 33.5 Å². The first-order chi connectivity index (χ1) is 15.9. The Hall–Kier alpha value is -1.38. The summed E-state index contributed by atoms with van der Waals surface area (Å²) in [6.45, 7) is 13.7. The Morgan fingerprint density at radius 1 is 0.618 bits per heavy atom. The zero-order chi connectivity index (χ0) is 25.0. The first-order valence-corrected chi connectivity index (χ1v) is 27.1. The third-order valence-electron chi connectivity index (χ3n) is 5.38. The number of rotatable bonds is 4. The van der Waals surface area contributed by atoms with E-state index in [1.54, 1.807) is 0 Å². The molecule has 0 radical (unpaired) electrons. The van der Waals surface area contributed by atoms with Crippen molar-refractivity contribution in [2.24, 2.45) is 0 Å². The molecular weight excluding hydrogens is 659 g/mol. The molecule has 34 heavy (non-hydrogen) atoms. The minimum atomic E-state index is -2.62. The Balaban J connectivity index is 0.000000196. The molecule has 0 unspecified atom stereocenters. The first kappa shape index (κ1) is 27.2. The van der Waals surface area contributed by atoms with Gasteiger partial charge in [-0.1, -0.05) is 41.5 Å². The van der Waals surface area contributed by atoms with Gasteiger partial charge in [-0.3, -0.25) is 9.36 Å². The zero-order valence-electron chi connectivity index (χ0n) is 20.8. The third-order valence-corrected chi connectivity index (χ3v) is 23.7. The van der Waals surface area contributed by atoms with Gasteiger partial charge in [0.25, 0.3) is 0 Å². The molecule has 0 aliphatic carbocycles. The van der Waals surface area contributed by atoms with Crippen LogP contribution in [0.1, 0.15) is 52.9 Å². The standard InChI is InChI=1S/C15H24N4.2C6H5.2BrH.Sn/c1-14(2,3)12-7-9-18(16-12)11-19-10-8-13(17-19)15(4,5)6;2*1-2-4-6-5-3-1;;;/h7-10H,11H2,1-6H3;2*1-5H;2*1H;/q;;;;;+2/p-2. The van der Waals surface area contributed by atoms with E-state index >= 15 is 0 Å². The van der Waals surface area contributed by atoms with E-state index < -0.39 is 13.9 Å². The maximum absolute atomic E-state index is 4.60. The van der Waals surface area contributed by atoms with Gasteiger partial charge >= 0.3 is 107 Å². The van der Waals surface area contributed by atoms with Gasteiger partial charge in [0, 0.05) is 23.2 Å². The number of aromatic nitrogens is 4. The van der Waals surface area contributed by atoms with E-state index in [0.717, 1.165) is 11.4 Å².